The van der Waals surface area contributed by atoms with Gasteiger partial charge in [-0.3, -0.25) is 10.1 Å². The Labute approximate surface area is 142 Å². The number of nitro benzene ring substituents is 1. The molecule has 0 saturated heterocycles. The Bertz CT molecular complexity index is 722. The van der Waals surface area contributed by atoms with Gasteiger partial charge >= 0.3 is 6.03 Å². The van der Waals surface area contributed by atoms with E-state index in [4.69, 9.17) is 11.6 Å². The summed E-state index contributed by atoms with van der Waals surface area (Å²) >= 11 is 7.61. The Balaban J connectivity index is 2.08. The Morgan fingerprint density at radius 1 is 1.26 bits per heavy atom. The van der Waals surface area contributed by atoms with E-state index in [2.05, 4.69) is 10.6 Å². The molecule has 0 heterocycles. The molecule has 0 aliphatic heterocycles. The Hall–Kier alpha value is -2.25. The minimum absolute atomic E-state index is 0.0435. The molecule has 0 bridgehead atoms. The number of non-ortho nitro benzene ring substituents is 1. The maximum atomic E-state index is 11.5. The van der Waals surface area contributed by atoms with Crippen LogP contribution in [-0.4, -0.2) is 17.5 Å². The number of nitro groups is 1. The number of rotatable bonds is 5. The van der Waals surface area contributed by atoms with Crippen molar-refractivity contribution in [1.29, 1.82) is 0 Å². The molecule has 0 spiro atoms. The molecule has 23 heavy (non-hydrogen) atoms. The smallest absolute Gasteiger partial charge is 0.319 e. The fourth-order valence-electron chi connectivity index (χ4n) is 1.76. The first kappa shape index (κ1) is 17.1. The minimum Gasteiger partial charge on any atom is -0.338 e. The number of hydrogen-bond acceptors (Lipinski definition) is 4. The Morgan fingerprint density at radius 2 is 1.96 bits per heavy atom. The van der Waals surface area contributed by atoms with Gasteiger partial charge in [0.15, 0.2) is 0 Å². The third-order valence-corrected chi connectivity index (χ3v) is 4.31. The van der Waals surface area contributed by atoms with Crippen LogP contribution in [0.15, 0.2) is 52.3 Å². The zero-order valence-corrected chi connectivity index (χ0v) is 13.8. The van der Waals surface area contributed by atoms with E-state index in [9.17, 15) is 14.9 Å². The van der Waals surface area contributed by atoms with E-state index >= 15 is 0 Å². The van der Waals surface area contributed by atoms with Crippen molar-refractivity contribution in [1.82, 2.24) is 5.32 Å². The molecule has 0 unspecified atom stereocenters. The number of nitrogens with zero attached hydrogens (tertiary/aromatic N) is 1. The van der Waals surface area contributed by atoms with Gasteiger partial charge in [-0.15, -0.1) is 0 Å². The van der Waals surface area contributed by atoms with Crippen molar-refractivity contribution in [2.75, 3.05) is 11.9 Å². The Kier molecular flexibility index (Phi) is 5.84. The number of urea groups is 1. The van der Waals surface area contributed by atoms with E-state index < -0.39 is 4.92 Å². The van der Waals surface area contributed by atoms with Crippen LogP contribution in [0.25, 0.3) is 0 Å². The highest BCUT2D eigenvalue weighted by atomic mass is 35.5. The number of nitrogens with one attached hydrogen (secondary N) is 2. The molecule has 0 radical (unpaired) electrons. The van der Waals surface area contributed by atoms with Crippen molar-refractivity contribution in [3.63, 3.8) is 0 Å². The highest BCUT2D eigenvalue weighted by Gasteiger charge is 2.08. The zero-order chi connectivity index (χ0) is 16.8. The average Bonchev–Trinajstić information content (AvgIpc) is 2.51. The van der Waals surface area contributed by atoms with E-state index in [1.165, 1.54) is 23.9 Å². The molecule has 0 aromatic heterocycles. The largest absolute Gasteiger partial charge is 0.338 e. The van der Waals surface area contributed by atoms with Crippen molar-refractivity contribution in [3.8, 4) is 0 Å². The number of hydrogen-bond donors (Lipinski definition) is 2. The average molecular weight is 352 g/mol. The molecule has 2 N–H and O–H groups in total. The number of amides is 2. The normalized spacial score (nSPS) is 10.2. The molecule has 2 amide bonds. The second-order valence-corrected chi connectivity index (χ2v) is 6.01. The van der Waals surface area contributed by atoms with Crippen molar-refractivity contribution < 1.29 is 9.72 Å². The lowest BCUT2D eigenvalue weighted by Gasteiger charge is -2.09. The van der Waals surface area contributed by atoms with Crippen LogP contribution in [0, 0.1) is 10.1 Å². The molecule has 120 valence electrons. The van der Waals surface area contributed by atoms with Crippen LogP contribution in [0.5, 0.6) is 0 Å². The molecule has 0 fully saturated rings. The third-order valence-electron chi connectivity index (χ3n) is 2.80. The standard InChI is InChI=1S/C15H14ClN3O3S/c1-2-17-15(20)18-10-3-8-14(13(16)9-10)23-12-6-4-11(5-7-12)19(21)22/h3-9H,2H2,1H3,(H2,17,18,20). The molecule has 2 rings (SSSR count). The third kappa shape index (κ3) is 4.87. The first-order valence-corrected chi connectivity index (χ1v) is 7.95. The van der Waals surface area contributed by atoms with Gasteiger partial charge in [-0.1, -0.05) is 23.4 Å². The maximum absolute atomic E-state index is 11.5. The molecule has 0 aliphatic rings. The van der Waals surface area contributed by atoms with Gasteiger partial charge in [-0.25, -0.2) is 4.79 Å². The maximum Gasteiger partial charge on any atom is 0.319 e. The molecule has 2 aromatic rings. The number of carbonyl (C=O) groups excluding carboxylic acids is 1. The summed E-state index contributed by atoms with van der Waals surface area (Å²) in [7, 11) is 0. The SMILES string of the molecule is CCNC(=O)Nc1ccc(Sc2ccc([N+](=O)[O-])cc2)c(Cl)c1. The van der Waals surface area contributed by atoms with Gasteiger partial charge in [0.05, 0.1) is 9.95 Å². The second kappa shape index (κ2) is 7.85. The van der Waals surface area contributed by atoms with E-state index in [-0.39, 0.29) is 11.7 Å². The van der Waals surface area contributed by atoms with Gasteiger partial charge in [-0.05, 0) is 37.3 Å². The monoisotopic (exact) mass is 351 g/mol. The van der Waals surface area contributed by atoms with Crippen LogP contribution in [0.4, 0.5) is 16.2 Å². The molecular weight excluding hydrogens is 338 g/mol. The fraction of sp³-hybridized carbons (Fsp3) is 0.133. The summed E-state index contributed by atoms with van der Waals surface area (Å²) in [5.41, 5.74) is 0.635. The quantitative estimate of drug-likeness (QED) is 0.611. The summed E-state index contributed by atoms with van der Waals surface area (Å²) in [4.78, 5) is 23.3. The van der Waals surface area contributed by atoms with Crippen LogP contribution < -0.4 is 10.6 Å². The van der Waals surface area contributed by atoms with Crippen molar-refractivity contribution >= 4 is 40.8 Å². The number of carbonyl (C=O) groups is 1. The second-order valence-electron chi connectivity index (χ2n) is 4.48. The van der Waals surface area contributed by atoms with Gasteiger partial charge in [-0.2, -0.15) is 0 Å². The van der Waals surface area contributed by atoms with E-state index in [0.717, 1.165) is 9.79 Å². The lowest BCUT2D eigenvalue weighted by Crippen LogP contribution is -2.28. The fourth-order valence-corrected chi connectivity index (χ4v) is 2.87. The van der Waals surface area contributed by atoms with Gasteiger partial charge in [0.1, 0.15) is 0 Å². The lowest BCUT2D eigenvalue weighted by atomic mass is 10.3. The number of halogens is 1. The summed E-state index contributed by atoms with van der Waals surface area (Å²) < 4.78 is 0. The predicted octanol–water partition coefficient (Wildman–Crippen LogP) is 4.54. The van der Waals surface area contributed by atoms with Crippen LogP contribution in [-0.2, 0) is 0 Å². The first-order chi connectivity index (χ1) is 11.0. The molecule has 0 atom stereocenters. The highest BCUT2D eigenvalue weighted by Crippen LogP contribution is 2.35. The summed E-state index contributed by atoms with van der Waals surface area (Å²) in [5, 5.41) is 16.4. The first-order valence-electron chi connectivity index (χ1n) is 6.76. The molecule has 0 saturated carbocycles. The molecular formula is C15H14ClN3O3S. The van der Waals surface area contributed by atoms with E-state index in [1.54, 1.807) is 30.3 Å². The zero-order valence-electron chi connectivity index (χ0n) is 12.2. The summed E-state index contributed by atoms with van der Waals surface area (Å²) in [6.07, 6.45) is 0. The predicted molar refractivity (Wildman–Crippen MR) is 91.4 cm³/mol. The van der Waals surface area contributed by atoms with Gasteiger partial charge in [0, 0.05) is 34.2 Å². The molecule has 0 aliphatic carbocycles. The number of anilines is 1. The summed E-state index contributed by atoms with van der Waals surface area (Å²) in [5.74, 6) is 0. The van der Waals surface area contributed by atoms with E-state index in [0.29, 0.717) is 17.3 Å². The van der Waals surface area contributed by atoms with Gasteiger partial charge in [0.2, 0.25) is 0 Å². The molecule has 2 aromatic carbocycles. The van der Waals surface area contributed by atoms with Crippen LogP contribution in [0.1, 0.15) is 6.92 Å². The summed E-state index contributed by atoms with van der Waals surface area (Å²) in [6.45, 7) is 2.37. The van der Waals surface area contributed by atoms with Crippen LogP contribution in [0.2, 0.25) is 5.02 Å². The lowest BCUT2D eigenvalue weighted by molar-refractivity contribution is -0.384. The Morgan fingerprint density at radius 3 is 2.52 bits per heavy atom. The number of benzene rings is 2. The van der Waals surface area contributed by atoms with Crippen molar-refractivity contribution in [2.24, 2.45) is 0 Å². The topological polar surface area (TPSA) is 84.3 Å². The van der Waals surface area contributed by atoms with E-state index in [1.807, 2.05) is 6.92 Å². The van der Waals surface area contributed by atoms with Gasteiger partial charge < -0.3 is 10.6 Å². The van der Waals surface area contributed by atoms with Crippen molar-refractivity contribution in [3.05, 3.63) is 57.6 Å². The van der Waals surface area contributed by atoms with Crippen LogP contribution >= 0.6 is 23.4 Å². The van der Waals surface area contributed by atoms with Crippen molar-refractivity contribution in [2.45, 2.75) is 16.7 Å². The van der Waals surface area contributed by atoms with Crippen LogP contribution in [0.3, 0.4) is 0 Å². The molecule has 8 heteroatoms. The summed E-state index contributed by atoms with van der Waals surface area (Å²) in [6, 6.07) is 11.1. The van der Waals surface area contributed by atoms with Gasteiger partial charge in [0.25, 0.3) is 5.69 Å². The highest BCUT2D eigenvalue weighted by molar-refractivity contribution is 7.99. The minimum atomic E-state index is -0.441. The molecule has 6 nitrogen and oxygen atoms in total.